The van der Waals surface area contributed by atoms with Gasteiger partial charge in [0.15, 0.2) is 0 Å². The van der Waals surface area contributed by atoms with Crippen LogP contribution in [0.2, 0.25) is 0 Å². The summed E-state index contributed by atoms with van der Waals surface area (Å²) in [6.07, 6.45) is 4.83. The van der Waals surface area contributed by atoms with E-state index >= 15 is 0 Å². The van der Waals surface area contributed by atoms with E-state index in [0.717, 1.165) is 13.0 Å². The van der Waals surface area contributed by atoms with E-state index in [2.05, 4.69) is 30.7 Å². The van der Waals surface area contributed by atoms with E-state index in [-0.39, 0.29) is 0 Å². The molecule has 1 fully saturated rings. The molecule has 0 amide bonds. The third kappa shape index (κ3) is 1.67. The molecule has 0 spiro atoms. The lowest BCUT2D eigenvalue weighted by Crippen LogP contribution is -2.11. The number of hydrogen-bond acceptors (Lipinski definition) is 1. The highest BCUT2D eigenvalue weighted by Gasteiger charge is 2.14. The second-order valence-corrected chi connectivity index (χ2v) is 3.10. The molecule has 0 aromatic heterocycles. The molecule has 1 heteroatoms. The van der Waals surface area contributed by atoms with Crippen molar-refractivity contribution in [2.24, 2.45) is 0 Å². The molecule has 0 bridgehead atoms. The maximum atomic E-state index is 5.61. The Morgan fingerprint density at radius 2 is 2.00 bits per heavy atom. The summed E-state index contributed by atoms with van der Waals surface area (Å²) in [4.78, 5) is 0. The van der Waals surface area contributed by atoms with Crippen LogP contribution in [0, 0.1) is 6.42 Å². The van der Waals surface area contributed by atoms with E-state index in [1.165, 1.54) is 12.0 Å². The van der Waals surface area contributed by atoms with Gasteiger partial charge < -0.3 is 4.74 Å². The van der Waals surface area contributed by atoms with Crippen LogP contribution < -0.4 is 0 Å². The minimum atomic E-state index is 0.330. The third-order valence-corrected chi connectivity index (χ3v) is 2.22. The van der Waals surface area contributed by atoms with Gasteiger partial charge in [-0.15, -0.1) is 0 Å². The third-order valence-electron chi connectivity index (χ3n) is 2.22. The van der Waals surface area contributed by atoms with Crippen molar-refractivity contribution >= 4 is 0 Å². The average molecular weight is 161 g/mol. The molecule has 0 saturated carbocycles. The molecule has 2 rings (SSSR count). The van der Waals surface area contributed by atoms with Crippen LogP contribution in [0.25, 0.3) is 0 Å². The van der Waals surface area contributed by atoms with Crippen LogP contribution in [-0.2, 0) is 4.74 Å². The zero-order chi connectivity index (χ0) is 8.23. The molecule has 1 heterocycles. The summed E-state index contributed by atoms with van der Waals surface area (Å²) in [6.45, 7) is 0.805. The molecule has 1 saturated heterocycles. The number of rotatable bonds is 1. The first-order valence-corrected chi connectivity index (χ1v) is 4.45. The zero-order valence-electron chi connectivity index (χ0n) is 7.07. The molecular formula is C11H13O. The monoisotopic (exact) mass is 161 g/mol. The fourth-order valence-corrected chi connectivity index (χ4v) is 1.55. The Morgan fingerprint density at radius 1 is 1.17 bits per heavy atom. The van der Waals surface area contributed by atoms with E-state index in [9.17, 15) is 0 Å². The largest absolute Gasteiger partial charge is 0.373 e. The van der Waals surface area contributed by atoms with Gasteiger partial charge in [0.1, 0.15) is 0 Å². The van der Waals surface area contributed by atoms with Gasteiger partial charge in [-0.2, -0.15) is 0 Å². The van der Waals surface area contributed by atoms with Gasteiger partial charge >= 0.3 is 0 Å². The molecule has 1 aromatic carbocycles. The topological polar surface area (TPSA) is 9.23 Å². The molecule has 1 unspecified atom stereocenters. The van der Waals surface area contributed by atoms with Crippen LogP contribution in [-0.4, -0.2) is 6.61 Å². The number of hydrogen-bond donors (Lipinski definition) is 0. The first-order chi connectivity index (χ1) is 5.97. The van der Waals surface area contributed by atoms with Crippen LogP contribution in [0.5, 0.6) is 0 Å². The van der Waals surface area contributed by atoms with Gasteiger partial charge in [0.05, 0.1) is 12.7 Å². The van der Waals surface area contributed by atoms with Gasteiger partial charge in [-0.1, -0.05) is 30.3 Å². The molecule has 1 radical (unpaired) electrons. The molecule has 12 heavy (non-hydrogen) atoms. The SMILES string of the molecule is [CH]1CCC(c2ccccc2)OC1. The summed E-state index contributed by atoms with van der Waals surface area (Å²) in [6, 6.07) is 10.4. The van der Waals surface area contributed by atoms with Crippen LogP contribution in [0.4, 0.5) is 0 Å². The van der Waals surface area contributed by atoms with E-state index < -0.39 is 0 Å². The van der Waals surface area contributed by atoms with E-state index in [1.807, 2.05) is 6.07 Å². The summed E-state index contributed by atoms with van der Waals surface area (Å²) < 4.78 is 5.61. The lowest BCUT2D eigenvalue weighted by molar-refractivity contribution is 0.0392. The predicted octanol–water partition coefficient (Wildman–Crippen LogP) is 2.74. The molecule has 0 aliphatic carbocycles. The molecule has 1 aromatic rings. The van der Waals surface area contributed by atoms with Gasteiger partial charge in [0, 0.05) is 0 Å². The lowest BCUT2D eigenvalue weighted by Gasteiger charge is -2.22. The zero-order valence-corrected chi connectivity index (χ0v) is 7.07. The second kappa shape index (κ2) is 3.72. The Balaban J connectivity index is 2.08. The molecule has 1 aliphatic rings. The molecule has 63 valence electrons. The number of benzene rings is 1. The standard InChI is InChI=1S/C11H13O/c1-2-6-10(7-3-1)11-8-4-5-9-12-11/h1-3,5-7,11H,4,8-9H2. The smallest absolute Gasteiger partial charge is 0.0825 e. The maximum absolute atomic E-state index is 5.61. The highest BCUT2D eigenvalue weighted by Crippen LogP contribution is 2.26. The first kappa shape index (κ1) is 7.81. The van der Waals surface area contributed by atoms with Crippen molar-refractivity contribution in [2.75, 3.05) is 6.61 Å². The van der Waals surface area contributed by atoms with Crippen LogP contribution in [0.1, 0.15) is 24.5 Å². The van der Waals surface area contributed by atoms with Crippen LogP contribution >= 0.6 is 0 Å². The Kier molecular flexibility index (Phi) is 2.42. The van der Waals surface area contributed by atoms with Crippen molar-refractivity contribution in [1.82, 2.24) is 0 Å². The lowest BCUT2D eigenvalue weighted by atomic mass is 10.0. The summed E-state index contributed by atoms with van der Waals surface area (Å²) in [5.74, 6) is 0. The van der Waals surface area contributed by atoms with Crippen molar-refractivity contribution < 1.29 is 4.74 Å². The fourth-order valence-electron chi connectivity index (χ4n) is 1.55. The summed E-state index contributed by atoms with van der Waals surface area (Å²) in [7, 11) is 0. The van der Waals surface area contributed by atoms with E-state index in [1.54, 1.807) is 0 Å². The number of ether oxygens (including phenoxy) is 1. The Labute approximate surface area is 73.4 Å². The normalized spacial score (nSPS) is 23.8. The predicted molar refractivity (Wildman–Crippen MR) is 48.7 cm³/mol. The van der Waals surface area contributed by atoms with E-state index in [4.69, 9.17) is 4.74 Å². The first-order valence-electron chi connectivity index (χ1n) is 4.45. The maximum Gasteiger partial charge on any atom is 0.0825 e. The summed E-state index contributed by atoms with van der Waals surface area (Å²) >= 11 is 0. The average Bonchev–Trinajstić information content (AvgIpc) is 2.21. The molecule has 1 atom stereocenters. The van der Waals surface area contributed by atoms with Gasteiger partial charge in [-0.05, 0) is 24.8 Å². The molecular weight excluding hydrogens is 148 g/mol. The van der Waals surface area contributed by atoms with Crippen molar-refractivity contribution in [3.05, 3.63) is 42.3 Å². The summed E-state index contributed by atoms with van der Waals surface area (Å²) in [5.41, 5.74) is 1.31. The van der Waals surface area contributed by atoms with Gasteiger partial charge in [-0.3, -0.25) is 0 Å². The van der Waals surface area contributed by atoms with E-state index in [0.29, 0.717) is 6.10 Å². The fraction of sp³-hybridized carbons (Fsp3) is 0.364. The minimum Gasteiger partial charge on any atom is -0.373 e. The highest BCUT2D eigenvalue weighted by molar-refractivity contribution is 5.17. The van der Waals surface area contributed by atoms with Gasteiger partial charge in [0.2, 0.25) is 0 Å². The molecule has 1 aliphatic heterocycles. The quantitative estimate of drug-likeness (QED) is 0.615. The molecule has 0 N–H and O–H groups in total. The Bertz CT molecular complexity index is 224. The van der Waals surface area contributed by atoms with Crippen molar-refractivity contribution in [2.45, 2.75) is 18.9 Å². The second-order valence-electron chi connectivity index (χ2n) is 3.10. The Morgan fingerprint density at radius 3 is 2.67 bits per heavy atom. The van der Waals surface area contributed by atoms with Crippen LogP contribution in [0.3, 0.4) is 0 Å². The van der Waals surface area contributed by atoms with Crippen molar-refractivity contribution in [1.29, 1.82) is 0 Å². The minimum absolute atomic E-state index is 0.330. The van der Waals surface area contributed by atoms with Gasteiger partial charge in [0.25, 0.3) is 0 Å². The Hall–Kier alpha value is -0.820. The van der Waals surface area contributed by atoms with Crippen LogP contribution in [0.15, 0.2) is 30.3 Å². The van der Waals surface area contributed by atoms with Gasteiger partial charge in [-0.25, -0.2) is 0 Å². The highest BCUT2D eigenvalue weighted by atomic mass is 16.5. The van der Waals surface area contributed by atoms with Crippen molar-refractivity contribution in [3.8, 4) is 0 Å². The van der Waals surface area contributed by atoms with Crippen molar-refractivity contribution in [3.63, 3.8) is 0 Å². The summed E-state index contributed by atoms with van der Waals surface area (Å²) in [5, 5.41) is 0. The molecule has 1 nitrogen and oxygen atoms in total.